The zero-order valence-electron chi connectivity index (χ0n) is 12.4. The standard InChI is InChI=1S/C16H21NO3/c1-5-11(2)20-16(18)12(3)17-9-8-13-10-14(19-4)6-7-15(13)17/h6-12H,5H2,1-4H3. The summed E-state index contributed by atoms with van der Waals surface area (Å²) >= 11 is 0. The number of hydrogen-bond acceptors (Lipinski definition) is 3. The van der Waals surface area contributed by atoms with E-state index >= 15 is 0 Å². The highest BCUT2D eigenvalue weighted by Gasteiger charge is 2.19. The third-order valence-corrected chi connectivity index (χ3v) is 3.58. The highest BCUT2D eigenvalue weighted by molar-refractivity contribution is 5.84. The summed E-state index contributed by atoms with van der Waals surface area (Å²) in [6, 6.07) is 7.45. The molecular formula is C16H21NO3. The molecule has 0 saturated carbocycles. The Morgan fingerprint density at radius 1 is 1.30 bits per heavy atom. The number of benzene rings is 1. The summed E-state index contributed by atoms with van der Waals surface area (Å²) < 4.78 is 12.5. The third kappa shape index (κ3) is 2.79. The molecular weight excluding hydrogens is 254 g/mol. The van der Waals surface area contributed by atoms with Gasteiger partial charge in [-0.2, -0.15) is 0 Å². The largest absolute Gasteiger partial charge is 0.497 e. The molecule has 0 fully saturated rings. The van der Waals surface area contributed by atoms with Gasteiger partial charge in [0.1, 0.15) is 11.8 Å². The molecule has 4 heteroatoms. The van der Waals surface area contributed by atoms with E-state index in [4.69, 9.17) is 9.47 Å². The van der Waals surface area contributed by atoms with Crippen molar-refractivity contribution in [3.63, 3.8) is 0 Å². The Kier molecular flexibility index (Phi) is 4.32. The van der Waals surface area contributed by atoms with Gasteiger partial charge in [0.05, 0.1) is 13.2 Å². The summed E-state index contributed by atoms with van der Waals surface area (Å²) in [6.45, 7) is 5.76. The number of carbonyl (C=O) groups is 1. The topological polar surface area (TPSA) is 40.5 Å². The SMILES string of the molecule is CCC(C)OC(=O)C(C)n1ccc2cc(OC)ccc21. The maximum atomic E-state index is 12.1. The smallest absolute Gasteiger partial charge is 0.329 e. The maximum absolute atomic E-state index is 12.1. The first-order valence-corrected chi connectivity index (χ1v) is 6.92. The van der Waals surface area contributed by atoms with Crippen LogP contribution in [0.15, 0.2) is 30.5 Å². The number of aromatic nitrogens is 1. The molecule has 1 aromatic carbocycles. The van der Waals surface area contributed by atoms with Crippen LogP contribution in [0.2, 0.25) is 0 Å². The predicted octanol–water partition coefficient (Wildman–Crippen LogP) is 3.55. The van der Waals surface area contributed by atoms with Crippen LogP contribution in [-0.4, -0.2) is 23.8 Å². The molecule has 2 atom stereocenters. The summed E-state index contributed by atoms with van der Waals surface area (Å²) in [5.41, 5.74) is 0.999. The number of methoxy groups -OCH3 is 1. The van der Waals surface area contributed by atoms with E-state index in [1.807, 2.05) is 55.8 Å². The molecule has 0 radical (unpaired) electrons. The van der Waals surface area contributed by atoms with Crippen LogP contribution >= 0.6 is 0 Å². The molecule has 0 N–H and O–H groups in total. The van der Waals surface area contributed by atoms with Crippen LogP contribution in [0.4, 0.5) is 0 Å². The Bertz CT molecular complexity index is 603. The summed E-state index contributed by atoms with van der Waals surface area (Å²) in [5.74, 6) is 0.609. The summed E-state index contributed by atoms with van der Waals surface area (Å²) in [7, 11) is 1.64. The fraction of sp³-hybridized carbons (Fsp3) is 0.438. The second kappa shape index (κ2) is 5.99. The molecule has 0 aliphatic rings. The van der Waals surface area contributed by atoms with Gasteiger partial charge in [-0.05, 0) is 44.5 Å². The first-order chi connectivity index (χ1) is 9.56. The van der Waals surface area contributed by atoms with Gasteiger partial charge < -0.3 is 14.0 Å². The average Bonchev–Trinajstić information content (AvgIpc) is 2.88. The van der Waals surface area contributed by atoms with Gasteiger partial charge in [-0.1, -0.05) is 6.92 Å². The number of fused-ring (bicyclic) bond motifs is 1. The van der Waals surface area contributed by atoms with Crippen LogP contribution in [-0.2, 0) is 9.53 Å². The number of esters is 1. The number of rotatable bonds is 5. The monoisotopic (exact) mass is 275 g/mol. The average molecular weight is 275 g/mol. The normalized spacial score (nSPS) is 14.0. The van der Waals surface area contributed by atoms with E-state index in [2.05, 4.69) is 0 Å². The van der Waals surface area contributed by atoms with Gasteiger partial charge in [0.25, 0.3) is 0 Å². The molecule has 2 aromatic rings. The molecule has 0 aliphatic carbocycles. The van der Waals surface area contributed by atoms with Crippen molar-refractivity contribution in [2.75, 3.05) is 7.11 Å². The number of carbonyl (C=O) groups excluding carboxylic acids is 1. The highest BCUT2D eigenvalue weighted by Crippen LogP contribution is 2.25. The zero-order valence-corrected chi connectivity index (χ0v) is 12.4. The predicted molar refractivity (Wildman–Crippen MR) is 79.0 cm³/mol. The van der Waals surface area contributed by atoms with Crippen LogP contribution in [0.3, 0.4) is 0 Å². The molecule has 0 saturated heterocycles. The number of hydrogen-bond donors (Lipinski definition) is 0. The van der Waals surface area contributed by atoms with E-state index in [1.54, 1.807) is 7.11 Å². The molecule has 4 nitrogen and oxygen atoms in total. The fourth-order valence-electron chi connectivity index (χ4n) is 2.10. The van der Waals surface area contributed by atoms with E-state index < -0.39 is 0 Å². The van der Waals surface area contributed by atoms with E-state index in [9.17, 15) is 4.79 Å². The van der Waals surface area contributed by atoms with Gasteiger partial charge in [0.15, 0.2) is 0 Å². The van der Waals surface area contributed by atoms with Crippen LogP contribution in [0.25, 0.3) is 10.9 Å². The second-order valence-electron chi connectivity index (χ2n) is 4.98. The van der Waals surface area contributed by atoms with Crippen molar-refractivity contribution in [3.05, 3.63) is 30.5 Å². The molecule has 1 aromatic heterocycles. The highest BCUT2D eigenvalue weighted by atomic mass is 16.5. The molecule has 1 heterocycles. The fourth-order valence-corrected chi connectivity index (χ4v) is 2.10. The van der Waals surface area contributed by atoms with E-state index in [0.29, 0.717) is 0 Å². The quantitative estimate of drug-likeness (QED) is 0.783. The Hall–Kier alpha value is -1.97. The minimum Gasteiger partial charge on any atom is -0.497 e. The lowest BCUT2D eigenvalue weighted by atomic mass is 10.2. The van der Waals surface area contributed by atoms with Gasteiger partial charge in [-0.25, -0.2) is 4.79 Å². The Balaban J connectivity index is 2.26. The molecule has 0 amide bonds. The first kappa shape index (κ1) is 14.4. The van der Waals surface area contributed by atoms with Crippen molar-refractivity contribution in [3.8, 4) is 5.75 Å². The van der Waals surface area contributed by atoms with E-state index in [0.717, 1.165) is 23.1 Å². The molecule has 0 aliphatic heterocycles. The molecule has 108 valence electrons. The lowest BCUT2D eigenvalue weighted by molar-refractivity contribution is -0.151. The number of ether oxygens (including phenoxy) is 2. The lowest BCUT2D eigenvalue weighted by Crippen LogP contribution is -2.22. The van der Waals surface area contributed by atoms with Crippen molar-refractivity contribution in [1.29, 1.82) is 0 Å². The van der Waals surface area contributed by atoms with E-state index in [1.165, 1.54) is 0 Å². The van der Waals surface area contributed by atoms with Crippen molar-refractivity contribution in [2.24, 2.45) is 0 Å². The Morgan fingerprint density at radius 2 is 2.05 bits per heavy atom. The maximum Gasteiger partial charge on any atom is 0.329 e. The van der Waals surface area contributed by atoms with E-state index in [-0.39, 0.29) is 18.1 Å². The van der Waals surface area contributed by atoms with Gasteiger partial charge >= 0.3 is 5.97 Å². The van der Waals surface area contributed by atoms with Crippen molar-refractivity contribution in [1.82, 2.24) is 4.57 Å². The second-order valence-corrected chi connectivity index (χ2v) is 4.98. The van der Waals surface area contributed by atoms with Gasteiger partial charge in [-0.15, -0.1) is 0 Å². The van der Waals surface area contributed by atoms with Crippen LogP contribution < -0.4 is 4.74 Å². The van der Waals surface area contributed by atoms with Gasteiger partial charge in [0.2, 0.25) is 0 Å². The van der Waals surface area contributed by atoms with Gasteiger partial charge in [-0.3, -0.25) is 0 Å². The van der Waals surface area contributed by atoms with Crippen molar-refractivity contribution >= 4 is 16.9 Å². The Morgan fingerprint density at radius 3 is 2.70 bits per heavy atom. The summed E-state index contributed by atoms with van der Waals surface area (Å²) in [4.78, 5) is 12.1. The minimum atomic E-state index is -0.338. The zero-order chi connectivity index (χ0) is 14.7. The number of nitrogens with zero attached hydrogens (tertiary/aromatic N) is 1. The Labute approximate surface area is 119 Å². The molecule has 2 unspecified atom stereocenters. The minimum absolute atomic E-state index is 0.0492. The lowest BCUT2D eigenvalue weighted by Gasteiger charge is -2.17. The first-order valence-electron chi connectivity index (χ1n) is 6.92. The van der Waals surface area contributed by atoms with Crippen molar-refractivity contribution < 1.29 is 14.3 Å². The van der Waals surface area contributed by atoms with Crippen LogP contribution in [0, 0.1) is 0 Å². The molecule has 0 spiro atoms. The van der Waals surface area contributed by atoms with Gasteiger partial charge in [0, 0.05) is 17.1 Å². The van der Waals surface area contributed by atoms with Crippen molar-refractivity contribution in [2.45, 2.75) is 39.3 Å². The summed E-state index contributed by atoms with van der Waals surface area (Å²) in [6.07, 6.45) is 2.68. The summed E-state index contributed by atoms with van der Waals surface area (Å²) in [5, 5.41) is 1.05. The molecule has 0 bridgehead atoms. The van der Waals surface area contributed by atoms with Crippen LogP contribution in [0.1, 0.15) is 33.2 Å². The van der Waals surface area contributed by atoms with Crippen LogP contribution in [0.5, 0.6) is 5.75 Å². The molecule has 20 heavy (non-hydrogen) atoms. The third-order valence-electron chi connectivity index (χ3n) is 3.58. The molecule has 2 rings (SSSR count).